The first-order valence-corrected chi connectivity index (χ1v) is 7.71. The van der Waals surface area contributed by atoms with Crippen molar-refractivity contribution in [1.29, 1.82) is 0 Å². The van der Waals surface area contributed by atoms with Crippen molar-refractivity contribution < 1.29 is 5.11 Å². The number of aromatic nitrogens is 2. The highest BCUT2D eigenvalue weighted by Gasteiger charge is 2.32. The normalized spacial score (nSPS) is 22.2. The van der Waals surface area contributed by atoms with Gasteiger partial charge in [0.25, 0.3) is 0 Å². The van der Waals surface area contributed by atoms with Crippen LogP contribution in [-0.2, 0) is 6.54 Å². The number of aliphatic hydroxyl groups excluding tert-OH is 1. The van der Waals surface area contributed by atoms with E-state index in [0.717, 1.165) is 44.0 Å². The van der Waals surface area contributed by atoms with Gasteiger partial charge in [-0.1, -0.05) is 6.92 Å². The van der Waals surface area contributed by atoms with Gasteiger partial charge in [-0.2, -0.15) is 0 Å². The molecule has 1 fully saturated rings. The van der Waals surface area contributed by atoms with Gasteiger partial charge in [0.05, 0.1) is 6.10 Å². The van der Waals surface area contributed by atoms with E-state index in [2.05, 4.69) is 32.0 Å². The summed E-state index contributed by atoms with van der Waals surface area (Å²) in [4.78, 5) is 13.2. The Morgan fingerprint density at radius 2 is 2.10 bits per heavy atom. The predicted octanol–water partition coefficient (Wildman–Crippen LogP) is 0.477. The number of aliphatic hydroxyl groups is 1. The zero-order valence-electron chi connectivity index (χ0n) is 13.3. The van der Waals surface area contributed by atoms with Crippen LogP contribution in [0.25, 0.3) is 0 Å². The highest BCUT2D eigenvalue weighted by atomic mass is 16.3. The summed E-state index contributed by atoms with van der Waals surface area (Å²) in [6.07, 6.45) is 5.37. The molecule has 2 unspecified atom stereocenters. The summed E-state index contributed by atoms with van der Waals surface area (Å²) >= 11 is 0. The fourth-order valence-electron chi connectivity index (χ4n) is 2.73. The molecule has 0 radical (unpaired) electrons. The molecule has 21 heavy (non-hydrogen) atoms. The molecule has 0 aromatic carbocycles. The molecule has 0 bridgehead atoms. The van der Waals surface area contributed by atoms with E-state index < -0.39 is 0 Å². The Balaban J connectivity index is 1.99. The molecule has 1 saturated heterocycles. The van der Waals surface area contributed by atoms with Crippen molar-refractivity contribution in [2.45, 2.75) is 38.5 Å². The molecule has 0 aliphatic carbocycles. The van der Waals surface area contributed by atoms with Crippen molar-refractivity contribution in [2.75, 3.05) is 38.6 Å². The Morgan fingerprint density at radius 3 is 2.71 bits per heavy atom. The van der Waals surface area contributed by atoms with Gasteiger partial charge in [0.1, 0.15) is 0 Å². The van der Waals surface area contributed by atoms with Crippen LogP contribution in [-0.4, -0.2) is 65.8 Å². The smallest absolute Gasteiger partial charge is 0.225 e. The standard InChI is InChI=1S/C15H27N5O/c1-4-5-16-7-12-8-17-15(18-9-12)20-11-14(21)6-13(20)10-19(2)3/h8-9,13-14,16,21H,4-7,10-11H2,1-3H3. The van der Waals surface area contributed by atoms with E-state index in [1.807, 2.05) is 26.5 Å². The molecule has 118 valence electrons. The molecule has 1 aliphatic rings. The molecule has 2 rings (SSSR count). The van der Waals surface area contributed by atoms with Crippen LogP contribution in [0.3, 0.4) is 0 Å². The summed E-state index contributed by atoms with van der Waals surface area (Å²) in [5.41, 5.74) is 1.09. The molecule has 1 aromatic rings. The lowest BCUT2D eigenvalue weighted by atomic mass is 10.2. The van der Waals surface area contributed by atoms with Gasteiger partial charge >= 0.3 is 0 Å². The van der Waals surface area contributed by atoms with Gasteiger partial charge < -0.3 is 20.2 Å². The molecule has 0 saturated carbocycles. The second-order valence-corrected chi connectivity index (χ2v) is 6.03. The lowest BCUT2D eigenvalue weighted by molar-refractivity contribution is 0.191. The first kappa shape index (κ1) is 16.1. The van der Waals surface area contributed by atoms with E-state index in [-0.39, 0.29) is 12.1 Å². The van der Waals surface area contributed by atoms with Gasteiger partial charge in [-0.15, -0.1) is 0 Å². The summed E-state index contributed by atoms with van der Waals surface area (Å²) in [6, 6.07) is 0.277. The Labute approximate surface area is 127 Å². The number of β-amino-alcohol motifs (C(OH)–C–C–N with tert-alkyl or cyclic N) is 1. The minimum Gasteiger partial charge on any atom is -0.391 e. The largest absolute Gasteiger partial charge is 0.391 e. The van der Waals surface area contributed by atoms with Gasteiger partial charge in [0.15, 0.2) is 0 Å². The van der Waals surface area contributed by atoms with E-state index in [1.165, 1.54) is 0 Å². The molecular weight excluding hydrogens is 266 g/mol. The van der Waals surface area contributed by atoms with E-state index in [9.17, 15) is 5.11 Å². The van der Waals surface area contributed by atoms with Crippen molar-refractivity contribution >= 4 is 5.95 Å². The summed E-state index contributed by atoms with van der Waals surface area (Å²) in [7, 11) is 4.10. The third-order valence-electron chi connectivity index (χ3n) is 3.67. The maximum Gasteiger partial charge on any atom is 0.225 e. The first-order valence-electron chi connectivity index (χ1n) is 7.71. The molecule has 0 spiro atoms. The number of hydrogen-bond acceptors (Lipinski definition) is 6. The van der Waals surface area contributed by atoms with Crippen LogP contribution in [0.15, 0.2) is 12.4 Å². The summed E-state index contributed by atoms with van der Waals surface area (Å²) < 4.78 is 0. The molecule has 2 heterocycles. The molecule has 2 N–H and O–H groups in total. The summed E-state index contributed by atoms with van der Waals surface area (Å²) in [5.74, 6) is 0.720. The second kappa shape index (κ2) is 7.68. The van der Waals surface area contributed by atoms with Crippen LogP contribution >= 0.6 is 0 Å². The molecule has 1 aromatic heterocycles. The number of rotatable bonds is 7. The van der Waals surface area contributed by atoms with Crippen LogP contribution in [0, 0.1) is 0 Å². The number of nitrogens with one attached hydrogen (secondary N) is 1. The molecular formula is C15H27N5O. The maximum absolute atomic E-state index is 9.92. The Kier molecular flexibility index (Phi) is 5.90. The average molecular weight is 293 g/mol. The monoisotopic (exact) mass is 293 g/mol. The predicted molar refractivity (Wildman–Crippen MR) is 84.3 cm³/mol. The van der Waals surface area contributed by atoms with E-state index in [0.29, 0.717) is 6.54 Å². The van der Waals surface area contributed by atoms with E-state index >= 15 is 0 Å². The Morgan fingerprint density at radius 1 is 1.38 bits per heavy atom. The number of anilines is 1. The zero-order chi connectivity index (χ0) is 15.2. The summed E-state index contributed by atoms with van der Waals surface area (Å²) in [6.45, 7) is 5.48. The van der Waals surface area contributed by atoms with E-state index in [4.69, 9.17) is 0 Å². The number of likely N-dealkylation sites (N-methyl/N-ethyl adjacent to an activating group) is 1. The van der Waals surface area contributed by atoms with Crippen LogP contribution in [0.5, 0.6) is 0 Å². The minimum atomic E-state index is -0.288. The molecule has 6 nitrogen and oxygen atoms in total. The molecule has 2 atom stereocenters. The van der Waals surface area contributed by atoms with Crippen molar-refractivity contribution in [3.05, 3.63) is 18.0 Å². The van der Waals surface area contributed by atoms with Crippen molar-refractivity contribution in [3.8, 4) is 0 Å². The zero-order valence-corrected chi connectivity index (χ0v) is 13.3. The Hall–Kier alpha value is -1.24. The quantitative estimate of drug-likeness (QED) is 0.713. The molecule has 1 aliphatic heterocycles. The summed E-state index contributed by atoms with van der Waals surface area (Å²) in [5, 5.41) is 13.3. The fraction of sp³-hybridized carbons (Fsp3) is 0.733. The SMILES string of the molecule is CCCNCc1cnc(N2CC(O)CC2CN(C)C)nc1. The van der Waals surface area contributed by atoms with Crippen molar-refractivity contribution in [1.82, 2.24) is 20.2 Å². The van der Waals surface area contributed by atoms with Crippen molar-refractivity contribution in [2.24, 2.45) is 0 Å². The number of nitrogens with zero attached hydrogens (tertiary/aromatic N) is 4. The van der Waals surface area contributed by atoms with Crippen LogP contribution in [0.2, 0.25) is 0 Å². The van der Waals surface area contributed by atoms with Crippen molar-refractivity contribution in [3.63, 3.8) is 0 Å². The van der Waals surface area contributed by atoms with Crippen LogP contribution < -0.4 is 10.2 Å². The van der Waals surface area contributed by atoms with Gasteiger partial charge in [0, 0.05) is 43.6 Å². The molecule has 0 amide bonds. The third-order valence-corrected chi connectivity index (χ3v) is 3.67. The average Bonchev–Trinajstić information content (AvgIpc) is 2.80. The topological polar surface area (TPSA) is 64.5 Å². The molecule has 6 heteroatoms. The minimum absolute atomic E-state index is 0.277. The lowest BCUT2D eigenvalue weighted by Crippen LogP contribution is -2.38. The first-order chi connectivity index (χ1) is 10.1. The highest BCUT2D eigenvalue weighted by Crippen LogP contribution is 2.22. The van der Waals surface area contributed by atoms with Crippen LogP contribution in [0.4, 0.5) is 5.95 Å². The number of hydrogen-bond donors (Lipinski definition) is 2. The van der Waals surface area contributed by atoms with Gasteiger partial charge in [-0.05, 0) is 33.5 Å². The maximum atomic E-state index is 9.92. The lowest BCUT2D eigenvalue weighted by Gasteiger charge is -2.26. The van der Waals surface area contributed by atoms with Gasteiger partial charge in [0.2, 0.25) is 5.95 Å². The second-order valence-electron chi connectivity index (χ2n) is 6.03. The fourth-order valence-corrected chi connectivity index (χ4v) is 2.73. The Bertz CT molecular complexity index is 423. The third kappa shape index (κ3) is 4.62. The van der Waals surface area contributed by atoms with E-state index in [1.54, 1.807) is 0 Å². The highest BCUT2D eigenvalue weighted by molar-refractivity contribution is 5.34. The van der Waals surface area contributed by atoms with Crippen LogP contribution in [0.1, 0.15) is 25.3 Å². The van der Waals surface area contributed by atoms with Gasteiger partial charge in [-0.3, -0.25) is 0 Å². The van der Waals surface area contributed by atoms with Gasteiger partial charge in [-0.25, -0.2) is 9.97 Å².